The van der Waals surface area contributed by atoms with E-state index in [2.05, 4.69) is 86.5 Å². The Kier molecular flexibility index (Phi) is 8.70. The smallest absolute Gasteiger partial charge is 0.0776 e. The van der Waals surface area contributed by atoms with Crippen LogP contribution in [0.5, 0.6) is 0 Å². The van der Waals surface area contributed by atoms with Crippen molar-refractivity contribution in [1.29, 1.82) is 0 Å². The molecule has 0 aliphatic heterocycles. The van der Waals surface area contributed by atoms with Crippen LogP contribution in [0, 0.1) is 0 Å². The Hall–Kier alpha value is 0.343. The Morgan fingerprint density at radius 2 is 1.42 bits per heavy atom. The molecule has 24 heavy (non-hydrogen) atoms. The molecule has 2 aromatic rings. The molecule has 5 heteroatoms. The summed E-state index contributed by atoms with van der Waals surface area (Å²) in [5.74, 6) is 0. The molecular formula is C19H16Br2Cl2Zr. The first-order valence-electron chi connectivity index (χ1n) is 6.94. The van der Waals surface area contributed by atoms with E-state index in [1.807, 2.05) is 0 Å². The SMILES string of the molecule is Brc1ccc2c(c1)[CH]([Zr+2][C]1=CC=CC1)c1cc(Br)ccc1-2.C.[Cl-].[Cl-]. The Morgan fingerprint density at radius 3 is 1.88 bits per heavy atom. The van der Waals surface area contributed by atoms with Crippen molar-refractivity contribution < 1.29 is 48.0 Å². The van der Waals surface area contributed by atoms with Gasteiger partial charge in [0.2, 0.25) is 0 Å². The standard InChI is InChI=1S/C13H7Br2.C5H5.CH4.2ClH.Zr/c14-10-1-3-12-8(6-10)5-9-7-11(15)2-4-13(9)12;1-2-4-5-3-1;;;;/h1-7H;1-3H,4H2;1H4;2*1H;/q;;;;;+2/p-2. The molecule has 0 radical (unpaired) electrons. The molecular weight excluding hydrogens is 550 g/mol. The van der Waals surface area contributed by atoms with Crippen LogP contribution in [0.25, 0.3) is 11.1 Å². The second kappa shape index (κ2) is 9.33. The monoisotopic (exact) mass is 562 g/mol. The van der Waals surface area contributed by atoms with Gasteiger partial charge >= 0.3 is 154 Å². The first-order chi connectivity index (χ1) is 10.2. The van der Waals surface area contributed by atoms with E-state index in [0.717, 1.165) is 0 Å². The van der Waals surface area contributed by atoms with E-state index in [0.29, 0.717) is 3.63 Å². The Labute approximate surface area is 184 Å². The molecule has 0 spiro atoms. The van der Waals surface area contributed by atoms with Crippen LogP contribution in [0.15, 0.2) is 66.9 Å². The van der Waals surface area contributed by atoms with Crippen molar-refractivity contribution in [1.82, 2.24) is 0 Å². The van der Waals surface area contributed by atoms with Crippen LogP contribution in [0.4, 0.5) is 0 Å². The van der Waals surface area contributed by atoms with E-state index >= 15 is 0 Å². The fourth-order valence-corrected chi connectivity index (χ4v) is 7.76. The van der Waals surface area contributed by atoms with Crippen molar-refractivity contribution in [2.75, 3.05) is 0 Å². The molecule has 0 atom stereocenters. The zero-order chi connectivity index (χ0) is 14.4. The number of allylic oxidation sites excluding steroid dienone is 4. The molecule has 2 aliphatic rings. The van der Waals surface area contributed by atoms with Gasteiger partial charge in [0, 0.05) is 0 Å². The van der Waals surface area contributed by atoms with Crippen LogP contribution in [0.2, 0.25) is 0 Å². The van der Waals surface area contributed by atoms with Crippen LogP contribution in [-0.4, -0.2) is 0 Å². The summed E-state index contributed by atoms with van der Waals surface area (Å²) in [6.07, 6.45) is 8.03. The summed E-state index contributed by atoms with van der Waals surface area (Å²) in [5, 5.41) is 0. The Balaban J connectivity index is 0.000000960. The second-order valence-corrected chi connectivity index (χ2v) is 10.9. The molecule has 0 fully saturated rings. The summed E-state index contributed by atoms with van der Waals surface area (Å²) < 4.78 is 4.72. The molecule has 0 saturated carbocycles. The van der Waals surface area contributed by atoms with E-state index in [1.165, 1.54) is 37.6 Å². The molecule has 0 nitrogen and oxygen atoms in total. The zero-order valence-corrected chi connectivity index (χ0v) is 19.1. The van der Waals surface area contributed by atoms with Gasteiger partial charge in [-0.3, -0.25) is 0 Å². The minimum Gasteiger partial charge on any atom is -1.00 e. The normalized spacial score (nSPS) is 13.7. The molecule has 4 rings (SSSR count). The fraction of sp³-hybridized carbons (Fsp3) is 0.158. The topological polar surface area (TPSA) is 0 Å². The summed E-state index contributed by atoms with van der Waals surface area (Å²) in [6.45, 7) is 0. The van der Waals surface area contributed by atoms with E-state index < -0.39 is 23.2 Å². The van der Waals surface area contributed by atoms with Gasteiger partial charge in [-0.05, 0) is 0 Å². The number of halogens is 4. The van der Waals surface area contributed by atoms with Gasteiger partial charge in [-0.25, -0.2) is 0 Å². The number of benzene rings is 2. The minimum atomic E-state index is -0.651. The van der Waals surface area contributed by atoms with Crippen molar-refractivity contribution in [3.8, 4) is 11.1 Å². The fourth-order valence-electron chi connectivity index (χ4n) is 3.10. The summed E-state index contributed by atoms with van der Waals surface area (Å²) in [4.78, 5) is 0. The van der Waals surface area contributed by atoms with Crippen LogP contribution >= 0.6 is 31.9 Å². The van der Waals surface area contributed by atoms with Gasteiger partial charge in [-0.1, -0.05) is 7.43 Å². The predicted molar refractivity (Wildman–Crippen MR) is 97.7 cm³/mol. The Bertz CT molecular complexity index is 748. The van der Waals surface area contributed by atoms with Crippen LogP contribution in [0.3, 0.4) is 0 Å². The Morgan fingerprint density at radius 1 is 0.875 bits per heavy atom. The van der Waals surface area contributed by atoms with Crippen LogP contribution < -0.4 is 24.8 Å². The number of hydrogen-bond donors (Lipinski definition) is 0. The van der Waals surface area contributed by atoms with Crippen LogP contribution in [0.1, 0.15) is 28.6 Å². The van der Waals surface area contributed by atoms with Gasteiger partial charge < -0.3 is 24.8 Å². The molecule has 0 unspecified atom stereocenters. The van der Waals surface area contributed by atoms with Gasteiger partial charge in [0.05, 0.1) is 0 Å². The largest absolute Gasteiger partial charge is 1.00 e. The minimum absolute atomic E-state index is 0. The third-order valence-corrected chi connectivity index (χ3v) is 9.09. The van der Waals surface area contributed by atoms with Gasteiger partial charge in [-0.15, -0.1) is 0 Å². The van der Waals surface area contributed by atoms with Crippen molar-refractivity contribution in [2.45, 2.75) is 17.5 Å². The third kappa shape index (κ3) is 4.18. The molecule has 0 bridgehead atoms. The van der Waals surface area contributed by atoms with Gasteiger partial charge in [-0.2, -0.15) is 0 Å². The number of fused-ring (bicyclic) bond motifs is 3. The summed E-state index contributed by atoms with van der Waals surface area (Å²) in [7, 11) is 0. The molecule has 0 heterocycles. The van der Waals surface area contributed by atoms with Gasteiger partial charge in [0.25, 0.3) is 0 Å². The first kappa shape index (κ1) is 22.4. The average Bonchev–Trinajstić information content (AvgIpc) is 3.07. The predicted octanol–water partition coefficient (Wildman–Crippen LogP) is 0.852. The van der Waals surface area contributed by atoms with Crippen molar-refractivity contribution in [3.05, 3.63) is 78.0 Å². The zero-order valence-electron chi connectivity index (χ0n) is 12.0. The van der Waals surface area contributed by atoms with E-state index in [1.54, 1.807) is 3.28 Å². The number of rotatable bonds is 2. The van der Waals surface area contributed by atoms with Gasteiger partial charge in [0.15, 0.2) is 0 Å². The summed E-state index contributed by atoms with van der Waals surface area (Å²) in [5.41, 5.74) is 5.91. The molecule has 0 N–H and O–H groups in total. The van der Waals surface area contributed by atoms with E-state index in [9.17, 15) is 0 Å². The molecule has 0 amide bonds. The molecule has 2 aliphatic carbocycles. The third-order valence-electron chi connectivity index (χ3n) is 4.04. The molecule has 0 saturated heterocycles. The maximum Gasteiger partial charge on any atom is -0.0776 e. The summed E-state index contributed by atoms with van der Waals surface area (Å²) >= 11 is 6.64. The van der Waals surface area contributed by atoms with E-state index in [4.69, 9.17) is 0 Å². The summed E-state index contributed by atoms with van der Waals surface area (Å²) in [6, 6.07) is 13.5. The van der Waals surface area contributed by atoms with E-state index in [-0.39, 0.29) is 32.2 Å². The second-order valence-electron chi connectivity index (χ2n) is 5.36. The van der Waals surface area contributed by atoms with Crippen molar-refractivity contribution >= 4 is 31.9 Å². The molecule has 0 aromatic heterocycles. The van der Waals surface area contributed by atoms with Crippen molar-refractivity contribution in [3.63, 3.8) is 0 Å². The maximum atomic E-state index is 3.65. The average molecular weight is 566 g/mol. The molecule has 124 valence electrons. The molecule has 2 aromatic carbocycles. The van der Waals surface area contributed by atoms with Gasteiger partial charge in [0.1, 0.15) is 0 Å². The number of hydrogen-bond acceptors (Lipinski definition) is 0. The first-order valence-corrected chi connectivity index (χ1v) is 11.2. The van der Waals surface area contributed by atoms with Crippen molar-refractivity contribution in [2.24, 2.45) is 0 Å². The maximum absolute atomic E-state index is 3.65. The quantitative estimate of drug-likeness (QED) is 0.507. The van der Waals surface area contributed by atoms with Crippen LogP contribution in [-0.2, 0) is 23.2 Å².